The van der Waals surface area contributed by atoms with Crippen LogP contribution in [0.15, 0.2) is 16.9 Å². The number of fused-ring (bicyclic) bond motifs is 1. The maximum atomic E-state index is 12.2. The maximum absolute atomic E-state index is 12.2. The van der Waals surface area contributed by atoms with Gasteiger partial charge < -0.3 is 19.5 Å². The molecule has 1 N–H and O–H groups in total. The average molecular weight is 566 g/mol. The van der Waals surface area contributed by atoms with Crippen molar-refractivity contribution < 1.29 is 23.8 Å². The molecule has 0 aromatic carbocycles. The van der Waals surface area contributed by atoms with E-state index in [-0.39, 0.29) is 30.4 Å². The number of aryl methyl sites for hydroxylation is 1. The largest absolute Gasteiger partial charge is 0.466 e. The molecule has 1 amide bonds. The van der Waals surface area contributed by atoms with Crippen LogP contribution in [0.2, 0.25) is 0 Å². The Morgan fingerprint density at radius 3 is 2.78 bits per heavy atom. The number of amides is 1. The standard InChI is InChI=1S/C26H37BrN4O5/c1-6-35-21(32)12-14-34-13-8-7-9-20-16-28-17(2)22-23(27)30-24(31(20)22)18-10-11-19(15-18)29-25(33)36-26(3,4)5/h7,9,16,18-19H,6,8,10-15H2,1-5H3,(H,29,33)/b9-7+/t18-,19-/m1/s1. The number of esters is 1. The number of halogens is 1. The molecule has 198 valence electrons. The molecule has 0 saturated heterocycles. The minimum Gasteiger partial charge on any atom is -0.466 e. The molecule has 0 unspecified atom stereocenters. The number of carbonyl (C=O) groups excluding carboxylic acids is 2. The van der Waals surface area contributed by atoms with Gasteiger partial charge in [0.1, 0.15) is 21.5 Å². The van der Waals surface area contributed by atoms with Crippen molar-refractivity contribution in [3.63, 3.8) is 0 Å². The van der Waals surface area contributed by atoms with Gasteiger partial charge >= 0.3 is 12.1 Å². The lowest BCUT2D eigenvalue weighted by Gasteiger charge is -2.21. The van der Waals surface area contributed by atoms with Gasteiger partial charge in [-0.1, -0.05) is 6.08 Å². The molecular weight excluding hydrogens is 528 g/mol. The van der Waals surface area contributed by atoms with Gasteiger partial charge in [0, 0.05) is 12.0 Å². The molecule has 9 nitrogen and oxygen atoms in total. The molecule has 1 aliphatic rings. The van der Waals surface area contributed by atoms with E-state index in [1.165, 1.54) is 0 Å². The number of ether oxygens (including phenoxy) is 3. The molecule has 3 rings (SSSR count). The third-order valence-corrected chi connectivity index (χ3v) is 6.40. The maximum Gasteiger partial charge on any atom is 0.407 e. The number of imidazole rings is 1. The number of carbonyl (C=O) groups is 2. The van der Waals surface area contributed by atoms with E-state index in [0.29, 0.717) is 26.2 Å². The smallest absolute Gasteiger partial charge is 0.407 e. The van der Waals surface area contributed by atoms with Crippen LogP contribution in [0.1, 0.15) is 82.9 Å². The summed E-state index contributed by atoms with van der Waals surface area (Å²) in [5, 5.41) is 3.01. The summed E-state index contributed by atoms with van der Waals surface area (Å²) in [5.74, 6) is 0.917. The monoisotopic (exact) mass is 564 g/mol. The summed E-state index contributed by atoms with van der Waals surface area (Å²) in [6.45, 7) is 10.6. The normalized spacial score (nSPS) is 18.2. The fourth-order valence-corrected chi connectivity index (χ4v) is 4.97. The Balaban J connectivity index is 1.66. The summed E-state index contributed by atoms with van der Waals surface area (Å²) in [4.78, 5) is 33.0. The van der Waals surface area contributed by atoms with Crippen LogP contribution in [-0.4, -0.2) is 57.9 Å². The van der Waals surface area contributed by atoms with Crippen molar-refractivity contribution in [3.05, 3.63) is 34.1 Å². The first-order valence-electron chi connectivity index (χ1n) is 12.5. The van der Waals surface area contributed by atoms with Crippen LogP contribution in [0.5, 0.6) is 0 Å². The average Bonchev–Trinajstić information content (AvgIpc) is 3.38. The van der Waals surface area contributed by atoms with Gasteiger partial charge in [0.25, 0.3) is 0 Å². The Labute approximate surface area is 221 Å². The molecule has 1 saturated carbocycles. The lowest BCUT2D eigenvalue weighted by Crippen LogP contribution is -2.37. The number of hydrogen-bond donors (Lipinski definition) is 1. The van der Waals surface area contributed by atoms with Crippen LogP contribution < -0.4 is 5.32 Å². The van der Waals surface area contributed by atoms with E-state index in [2.05, 4.69) is 30.6 Å². The molecule has 2 heterocycles. The second-order valence-corrected chi connectivity index (χ2v) is 10.7. The minimum absolute atomic E-state index is 0.0460. The number of nitrogens with zero attached hydrogens (tertiary/aromatic N) is 3. The van der Waals surface area contributed by atoms with Gasteiger partial charge in [-0.3, -0.25) is 14.2 Å². The van der Waals surface area contributed by atoms with Gasteiger partial charge in [-0.05, 0) is 82.3 Å². The molecule has 36 heavy (non-hydrogen) atoms. The van der Waals surface area contributed by atoms with Crippen molar-refractivity contribution in [3.8, 4) is 0 Å². The van der Waals surface area contributed by atoms with E-state index < -0.39 is 5.60 Å². The number of nitrogens with one attached hydrogen (secondary N) is 1. The zero-order chi connectivity index (χ0) is 26.3. The highest BCUT2D eigenvalue weighted by Gasteiger charge is 2.32. The SMILES string of the molecule is CCOC(=O)CCOCC/C=C/c1cnc(C)c2c(Br)nc([C@@H]3CC[C@@H](NC(=O)OC(C)(C)C)C3)n12. The number of hydrogen-bond acceptors (Lipinski definition) is 7. The van der Waals surface area contributed by atoms with Gasteiger partial charge in [-0.25, -0.2) is 9.78 Å². The zero-order valence-electron chi connectivity index (χ0n) is 21.8. The fourth-order valence-electron chi connectivity index (χ4n) is 4.32. The summed E-state index contributed by atoms with van der Waals surface area (Å²) in [5.41, 5.74) is 2.24. The van der Waals surface area contributed by atoms with Crippen LogP contribution in [-0.2, 0) is 19.0 Å². The molecule has 2 aromatic heterocycles. The Hall–Kier alpha value is -2.46. The zero-order valence-corrected chi connectivity index (χ0v) is 23.4. The molecule has 0 radical (unpaired) electrons. The third-order valence-electron chi connectivity index (χ3n) is 5.84. The molecule has 2 aromatic rings. The van der Waals surface area contributed by atoms with Crippen molar-refractivity contribution in [2.75, 3.05) is 19.8 Å². The van der Waals surface area contributed by atoms with Crippen molar-refractivity contribution in [1.82, 2.24) is 19.7 Å². The van der Waals surface area contributed by atoms with Crippen molar-refractivity contribution in [2.24, 2.45) is 0 Å². The lowest BCUT2D eigenvalue weighted by molar-refractivity contribution is -0.144. The first-order valence-corrected chi connectivity index (χ1v) is 13.3. The third kappa shape index (κ3) is 7.77. The van der Waals surface area contributed by atoms with Crippen LogP contribution >= 0.6 is 15.9 Å². The van der Waals surface area contributed by atoms with E-state index >= 15 is 0 Å². The highest BCUT2D eigenvalue weighted by Crippen LogP contribution is 2.37. The molecule has 0 aliphatic heterocycles. The summed E-state index contributed by atoms with van der Waals surface area (Å²) < 4.78 is 18.8. The summed E-state index contributed by atoms with van der Waals surface area (Å²) in [6.07, 6.45) is 9.08. The first-order chi connectivity index (χ1) is 17.1. The van der Waals surface area contributed by atoms with Gasteiger partial charge in [0.15, 0.2) is 0 Å². The quantitative estimate of drug-likeness (QED) is 0.307. The fraction of sp³-hybridized carbons (Fsp3) is 0.615. The summed E-state index contributed by atoms with van der Waals surface area (Å²) in [6, 6.07) is 0.0460. The number of alkyl carbamates (subject to hydrolysis) is 1. The molecule has 0 spiro atoms. The highest BCUT2D eigenvalue weighted by atomic mass is 79.9. The molecular formula is C26H37BrN4O5. The number of aromatic nitrogens is 3. The second-order valence-electron chi connectivity index (χ2n) is 9.92. The molecule has 2 atom stereocenters. The van der Waals surface area contributed by atoms with E-state index in [0.717, 1.165) is 46.6 Å². The Morgan fingerprint density at radius 2 is 2.06 bits per heavy atom. The number of rotatable bonds is 10. The predicted molar refractivity (Wildman–Crippen MR) is 141 cm³/mol. The van der Waals surface area contributed by atoms with E-state index in [9.17, 15) is 9.59 Å². The van der Waals surface area contributed by atoms with Gasteiger partial charge in [-0.2, -0.15) is 0 Å². The topological polar surface area (TPSA) is 104 Å². The molecule has 1 aliphatic carbocycles. The predicted octanol–water partition coefficient (Wildman–Crippen LogP) is 5.33. The lowest BCUT2D eigenvalue weighted by atomic mass is 10.1. The Kier molecular flexibility index (Phi) is 9.90. The van der Waals surface area contributed by atoms with Gasteiger partial charge in [0.05, 0.1) is 43.8 Å². The van der Waals surface area contributed by atoms with Gasteiger partial charge in [-0.15, -0.1) is 0 Å². The van der Waals surface area contributed by atoms with Crippen molar-refractivity contribution in [1.29, 1.82) is 0 Å². The van der Waals surface area contributed by atoms with Crippen molar-refractivity contribution in [2.45, 2.75) is 84.3 Å². The molecule has 1 fully saturated rings. The van der Waals surface area contributed by atoms with E-state index in [1.54, 1.807) is 6.92 Å². The summed E-state index contributed by atoms with van der Waals surface area (Å²) in [7, 11) is 0. The molecule has 10 heteroatoms. The Morgan fingerprint density at radius 1 is 1.28 bits per heavy atom. The van der Waals surface area contributed by atoms with Crippen molar-refractivity contribution >= 4 is 39.6 Å². The van der Waals surface area contributed by atoms with Crippen LogP contribution in [0.3, 0.4) is 0 Å². The second kappa shape index (κ2) is 12.7. The van der Waals surface area contributed by atoms with E-state index in [1.807, 2.05) is 46.0 Å². The van der Waals surface area contributed by atoms with E-state index in [4.69, 9.17) is 19.2 Å². The minimum atomic E-state index is -0.524. The first kappa shape index (κ1) is 28.1. The molecule has 0 bridgehead atoms. The summed E-state index contributed by atoms with van der Waals surface area (Å²) >= 11 is 3.63. The Bertz CT molecular complexity index is 1090. The van der Waals surface area contributed by atoms with Crippen LogP contribution in [0, 0.1) is 6.92 Å². The van der Waals surface area contributed by atoms with Crippen LogP contribution in [0.25, 0.3) is 11.6 Å². The van der Waals surface area contributed by atoms with Gasteiger partial charge in [0.2, 0.25) is 0 Å². The van der Waals surface area contributed by atoms with Crippen LogP contribution in [0.4, 0.5) is 4.79 Å². The highest BCUT2D eigenvalue weighted by molar-refractivity contribution is 9.10.